The van der Waals surface area contributed by atoms with E-state index in [0.29, 0.717) is 22.9 Å². The first-order valence-electron chi connectivity index (χ1n) is 9.54. The van der Waals surface area contributed by atoms with Crippen LogP contribution in [0.5, 0.6) is 0 Å². The van der Waals surface area contributed by atoms with Crippen LogP contribution in [0.4, 0.5) is 20.6 Å². The summed E-state index contributed by atoms with van der Waals surface area (Å²) in [4.78, 5) is 25.6. The zero-order chi connectivity index (χ0) is 22.7. The molecule has 0 radical (unpaired) electrons. The lowest BCUT2D eigenvalue weighted by atomic mass is 10.2. The van der Waals surface area contributed by atoms with Crippen LogP contribution in [0.1, 0.15) is 5.69 Å². The number of nitrogens with zero attached hydrogens (tertiary/aromatic N) is 3. The highest BCUT2D eigenvalue weighted by molar-refractivity contribution is 6.30. The second-order valence-electron chi connectivity index (χ2n) is 6.76. The van der Waals surface area contributed by atoms with Crippen molar-refractivity contribution in [2.75, 3.05) is 23.4 Å². The van der Waals surface area contributed by atoms with Crippen molar-refractivity contribution in [1.82, 2.24) is 9.78 Å². The van der Waals surface area contributed by atoms with Gasteiger partial charge in [0, 0.05) is 29.2 Å². The summed E-state index contributed by atoms with van der Waals surface area (Å²) >= 11 is 6.01. The number of amides is 1. The van der Waals surface area contributed by atoms with Gasteiger partial charge in [0.2, 0.25) is 5.43 Å². The number of aromatic nitrogens is 2. The van der Waals surface area contributed by atoms with Crippen molar-refractivity contribution in [1.29, 1.82) is 5.41 Å². The molecular formula is C22H17ClFN5O3. The quantitative estimate of drug-likeness (QED) is 0.548. The molecule has 0 bridgehead atoms. The minimum absolute atomic E-state index is 0.0115. The highest BCUT2D eigenvalue weighted by Crippen LogP contribution is 2.24. The normalized spacial score (nSPS) is 13.8. The second kappa shape index (κ2) is 9.03. The summed E-state index contributed by atoms with van der Waals surface area (Å²) in [5, 5.41) is 15.2. The van der Waals surface area contributed by atoms with Gasteiger partial charge in [-0.05, 0) is 42.5 Å². The largest absolute Gasteiger partial charge is 0.447 e. The Labute approximate surface area is 187 Å². The lowest BCUT2D eigenvalue weighted by Gasteiger charge is -2.15. The van der Waals surface area contributed by atoms with Crippen LogP contribution < -0.4 is 15.6 Å². The van der Waals surface area contributed by atoms with Crippen molar-refractivity contribution < 1.29 is 13.9 Å². The van der Waals surface area contributed by atoms with Crippen LogP contribution in [0.3, 0.4) is 0 Å². The summed E-state index contributed by atoms with van der Waals surface area (Å²) in [6.07, 6.45) is 3.19. The van der Waals surface area contributed by atoms with E-state index in [9.17, 15) is 14.0 Å². The number of cyclic esters (lactones) is 1. The summed E-state index contributed by atoms with van der Waals surface area (Å²) in [5.41, 5.74) is 0.860. The molecule has 10 heteroatoms. The fraction of sp³-hybridized carbons (Fsp3) is 0.0909. The Bertz CT molecular complexity index is 1290. The Morgan fingerprint density at radius 1 is 1.22 bits per heavy atom. The van der Waals surface area contributed by atoms with Crippen molar-refractivity contribution >= 4 is 41.0 Å². The maximum atomic E-state index is 14.9. The maximum absolute atomic E-state index is 14.9. The molecule has 0 spiro atoms. The van der Waals surface area contributed by atoms with Crippen LogP contribution >= 0.6 is 11.6 Å². The van der Waals surface area contributed by atoms with E-state index < -0.39 is 17.3 Å². The zero-order valence-electron chi connectivity index (χ0n) is 16.6. The molecule has 0 atom stereocenters. The Balaban J connectivity index is 1.70. The summed E-state index contributed by atoms with van der Waals surface area (Å²) in [6.45, 7) is 0.583. The molecule has 1 aliphatic heterocycles. The van der Waals surface area contributed by atoms with Crippen molar-refractivity contribution in [3.05, 3.63) is 87.6 Å². The van der Waals surface area contributed by atoms with Gasteiger partial charge < -0.3 is 15.5 Å². The number of anilines is 2. The van der Waals surface area contributed by atoms with Gasteiger partial charge in [0.15, 0.2) is 11.5 Å². The molecule has 1 amide bonds. The Kier molecular flexibility index (Phi) is 6.00. The van der Waals surface area contributed by atoms with Crippen LogP contribution in [0.2, 0.25) is 5.02 Å². The molecule has 1 fully saturated rings. The zero-order valence-corrected chi connectivity index (χ0v) is 17.3. The molecular weight excluding hydrogens is 437 g/mol. The Morgan fingerprint density at radius 2 is 2.06 bits per heavy atom. The molecule has 2 heterocycles. The second-order valence-corrected chi connectivity index (χ2v) is 7.19. The highest BCUT2D eigenvalue weighted by Gasteiger charge is 2.24. The average Bonchev–Trinajstić information content (AvgIpc) is 3.20. The molecule has 0 unspecified atom stereocenters. The van der Waals surface area contributed by atoms with Gasteiger partial charge in [-0.3, -0.25) is 9.69 Å². The van der Waals surface area contributed by atoms with E-state index in [2.05, 4.69) is 10.4 Å². The first-order valence-corrected chi connectivity index (χ1v) is 9.92. The molecule has 4 rings (SSSR count). The molecule has 1 aromatic heterocycles. The third-order valence-electron chi connectivity index (χ3n) is 4.67. The number of ether oxygens (including phenoxy) is 1. The Hall–Kier alpha value is -3.98. The predicted octanol–water partition coefficient (Wildman–Crippen LogP) is 4.08. The minimum atomic E-state index is -0.635. The minimum Gasteiger partial charge on any atom is -0.447 e. The smallest absolute Gasteiger partial charge is 0.414 e. The number of carbonyl (C=O) groups is 1. The SMILES string of the molecule is N=C/C=C(\Nc1cccc(Cl)c1)c1nn(-c2ccc(N3CCOC3=O)cc2F)ccc1=O. The number of nitrogens with one attached hydrogen (secondary N) is 2. The highest BCUT2D eigenvalue weighted by atomic mass is 35.5. The third-order valence-corrected chi connectivity index (χ3v) is 4.90. The van der Waals surface area contributed by atoms with Gasteiger partial charge in [0.25, 0.3) is 0 Å². The number of rotatable bonds is 6. The molecule has 1 aliphatic rings. The number of hydrogen-bond donors (Lipinski definition) is 2. The number of carbonyl (C=O) groups excluding carboxylic acids is 1. The lowest BCUT2D eigenvalue weighted by Crippen LogP contribution is -2.23. The maximum Gasteiger partial charge on any atom is 0.414 e. The van der Waals surface area contributed by atoms with E-state index in [-0.39, 0.29) is 23.7 Å². The third kappa shape index (κ3) is 4.37. The summed E-state index contributed by atoms with van der Waals surface area (Å²) < 4.78 is 21.0. The van der Waals surface area contributed by atoms with E-state index in [1.807, 2.05) is 0 Å². The molecule has 3 aromatic rings. The molecule has 2 aromatic carbocycles. The molecule has 0 saturated carbocycles. The van der Waals surface area contributed by atoms with E-state index in [0.717, 1.165) is 6.21 Å². The van der Waals surface area contributed by atoms with Gasteiger partial charge >= 0.3 is 6.09 Å². The monoisotopic (exact) mass is 453 g/mol. The first kappa shape index (κ1) is 21.3. The van der Waals surface area contributed by atoms with Crippen LogP contribution in [0, 0.1) is 11.2 Å². The number of benzene rings is 2. The summed E-state index contributed by atoms with van der Waals surface area (Å²) in [5.74, 6) is -0.635. The topological polar surface area (TPSA) is 100 Å². The van der Waals surface area contributed by atoms with Crippen molar-refractivity contribution in [3.63, 3.8) is 0 Å². The first-order chi connectivity index (χ1) is 15.5. The van der Waals surface area contributed by atoms with E-state index in [1.54, 1.807) is 30.3 Å². The van der Waals surface area contributed by atoms with Gasteiger partial charge in [-0.1, -0.05) is 17.7 Å². The van der Waals surface area contributed by atoms with E-state index in [4.69, 9.17) is 21.7 Å². The van der Waals surface area contributed by atoms with Crippen LogP contribution in [0.25, 0.3) is 11.4 Å². The van der Waals surface area contributed by atoms with E-state index >= 15 is 0 Å². The van der Waals surface area contributed by atoms with Gasteiger partial charge in [-0.25, -0.2) is 13.9 Å². The molecule has 162 valence electrons. The summed E-state index contributed by atoms with van der Waals surface area (Å²) in [6, 6.07) is 12.3. The lowest BCUT2D eigenvalue weighted by molar-refractivity contribution is 0.181. The van der Waals surface area contributed by atoms with Crippen LogP contribution in [-0.4, -0.2) is 35.2 Å². The van der Waals surface area contributed by atoms with E-state index in [1.165, 1.54) is 40.1 Å². The van der Waals surface area contributed by atoms with Gasteiger partial charge in [-0.2, -0.15) is 5.10 Å². The Morgan fingerprint density at radius 3 is 2.75 bits per heavy atom. The molecule has 32 heavy (non-hydrogen) atoms. The van der Waals surface area contributed by atoms with Crippen LogP contribution in [0.15, 0.2) is 65.6 Å². The van der Waals surface area contributed by atoms with Gasteiger partial charge in [-0.15, -0.1) is 0 Å². The fourth-order valence-electron chi connectivity index (χ4n) is 3.19. The van der Waals surface area contributed by atoms with Gasteiger partial charge in [0.1, 0.15) is 12.3 Å². The number of hydrogen-bond acceptors (Lipinski definition) is 6. The molecule has 0 aliphatic carbocycles. The number of halogens is 2. The summed E-state index contributed by atoms with van der Waals surface area (Å²) in [7, 11) is 0. The number of allylic oxidation sites excluding steroid dienone is 1. The van der Waals surface area contributed by atoms with Crippen molar-refractivity contribution in [2.45, 2.75) is 0 Å². The predicted molar refractivity (Wildman–Crippen MR) is 120 cm³/mol. The average molecular weight is 454 g/mol. The fourth-order valence-corrected chi connectivity index (χ4v) is 3.38. The molecule has 2 N–H and O–H groups in total. The van der Waals surface area contributed by atoms with Crippen molar-refractivity contribution in [2.24, 2.45) is 0 Å². The molecule has 1 saturated heterocycles. The van der Waals surface area contributed by atoms with Crippen molar-refractivity contribution in [3.8, 4) is 5.69 Å². The van der Waals surface area contributed by atoms with Gasteiger partial charge in [0.05, 0.1) is 17.9 Å². The molecule has 8 nitrogen and oxygen atoms in total. The standard InChI is InChI=1S/C22H17ClFN5O3/c23-14-2-1-3-15(12-14)26-18(6-8-25)21-20(30)7-9-29(27-21)19-5-4-16(13-17(19)24)28-10-11-32-22(28)31/h1-9,12-13,25-26H,10-11H2/b18-6-,25-8?. The van der Waals surface area contributed by atoms with Crippen LogP contribution in [-0.2, 0) is 4.74 Å².